The van der Waals surface area contributed by atoms with E-state index >= 15 is 0 Å². The monoisotopic (exact) mass is 728 g/mol. The van der Waals surface area contributed by atoms with E-state index in [-0.39, 0.29) is 25.9 Å². The number of halogens is 1. The number of nitrogens with zero attached hydrogens (tertiary/aromatic N) is 3. The molecule has 1 saturated heterocycles. The number of hydrogen-bond donors (Lipinski definition) is 4. The van der Waals surface area contributed by atoms with Crippen molar-refractivity contribution in [2.75, 3.05) is 32.8 Å². The van der Waals surface area contributed by atoms with E-state index in [1.807, 2.05) is 18.2 Å². The number of nitriles is 1. The average Bonchev–Trinajstić information content (AvgIpc) is 3.55. The fourth-order valence-electron chi connectivity index (χ4n) is 6.36. The molecule has 0 spiro atoms. The third-order valence-corrected chi connectivity index (χ3v) is 9.59. The first-order chi connectivity index (χ1) is 25.1. The number of likely N-dealkylation sites (tertiary alicyclic amines) is 1. The van der Waals surface area contributed by atoms with Crippen LogP contribution in [0.2, 0.25) is 5.02 Å². The van der Waals surface area contributed by atoms with Crippen molar-refractivity contribution in [3.63, 3.8) is 0 Å². The van der Waals surface area contributed by atoms with Gasteiger partial charge in [-0.1, -0.05) is 35.9 Å². The number of aliphatic hydroxyl groups is 2. The molecule has 1 aromatic heterocycles. The summed E-state index contributed by atoms with van der Waals surface area (Å²) in [5.74, 6) is 0.425. The minimum Gasteiger partial charge on any atom is -0.493 e. The van der Waals surface area contributed by atoms with Crippen LogP contribution in [-0.2, 0) is 24.6 Å². The molecular weight excluding hydrogens is 684 g/mol. The van der Waals surface area contributed by atoms with Gasteiger partial charge in [0.15, 0.2) is 0 Å². The van der Waals surface area contributed by atoms with Gasteiger partial charge in [0.1, 0.15) is 42.6 Å². The quantitative estimate of drug-likeness (QED) is 0.0985. The number of carboxylic acid groups (broad SMARTS) is 1. The van der Waals surface area contributed by atoms with E-state index in [2.05, 4.69) is 54.2 Å². The minimum absolute atomic E-state index is 0.0502. The van der Waals surface area contributed by atoms with Crippen LogP contribution in [0.15, 0.2) is 60.9 Å². The fraction of sp³-hybridized carbons (Fsp3) is 0.375. The molecule has 1 fully saturated rings. The van der Waals surface area contributed by atoms with Crippen LogP contribution in [0.1, 0.15) is 51.8 Å². The number of β-amino-alcohol motifs (C(OH)–C–C–N with tert-alkyl or cyclic N) is 1. The number of aliphatic carboxylic acids is 1. The van der Waals surface area contributed by atoms with Crippen LogP contribution in [0.3, 0.4) is 0 Å². The van der Waals surface area contributed by atoms with Gasteiger partial charge in [-0.2, -0.15) is 5.26 Å². The molecule has 4 N–H and O–H groups in total. The molecule has 2 heterocycles. The van der Waals surface area contributed by atoms with E-state index in [0.29, 0.717) is 39.8 Å². The van der Waals surface area contributed by atoms with Gasteiger partial charge in [0.25, 0.3) is 0 Å². The highest BCUT2D eigenvalue weighted by Gasteiger charge is 2.21. The van der Waals surface area contributed by atoms with Gasteiger partial charge in [-0.3, -0.25) is 15.1 Å². The van der Waals surface area contributed by atoms with Crippen LogP contribution in [-0.4, -0.2) is 76.2 Å². The third kappa shape index (κ3) is 9.79. The highest BCUT2D eigenvalue weighted by Crippen LogP contribution is 2.38. The number of rotatable bonds is 17. The predicted octanol–water partition coefficient (Wildman–Crippen LogP) is 5.73. The zero-order chi connectivity index (χ0) is 37.2. The van der Waals surface area contributed by atoms with Gasteiger partial charge in [0.05, 0.1) is 29.9 Å². The zero-order valence-corrected chi connectivity index (χ0v) is 30.4. The number of aromatic nitrogens is 1. The number of ether oxygens (including phenoxy) is 3. The summed E-state index contributed by atoms with van der Waals surface area (Å²) >= 11 is 6.71. The van der Waals surface area contributed by atoms with Crippen LogP contribution in [0.25, 0.3) is 11.1 Å². The molecule has 0 bridgehead atoms. The molecule has 274 valence electrons. The first kappa shape index (κ1) is 38.5. The van der Waals surface area contributed by atoms with Gasteiger partial charge in [-0.25, -0.2) is 0 Å². The molecule has 5 rings (SSSR count). The number of carboxylic acids is 1. The molecular formula is C40H45ClN4O7. The highest BCUT2D eigenvalue weighted by atomic mass is 35.5. The molecule has 12 heteroatoms. The topological polar surface area (TPSA) is 157 Å². The van der Waals surface area contributed by atoms with Crippen molar-refractivity contribution in [2.45, 2.75) is 65.5 Å². The van der Waals surface area contributed by atoms with E-state index in [4.69, 9.17) is 25.8 Å². The lowest BCUT2D eigenvalue weighted by Crippen LogP contribution is -2.39. The first-order valence-electron chi connectivity index (χ1n) is 17.3. The molecule has 0 radical (unpaired) electrons. The second-order valence-electron chi connectivity index (χ2n) is 13.0. The zero-order valence-electron chi connectivity index (χ0n) is 29.7. The summed E-state index contributed by atoms with van der Waals surface area (Å²) in [6.45, 7) is 9.16. The SMILES string of the molecule is Cc1ccc(OCCCN2CC[C@@H](O)C2)c(C)c1-c1cccc(COc2cc(OCc3cncc(C#N)c3)c(CNC(CO)C(=O)O)cc2Cl)c1C. The maximum absolute atomic E-state index is 11.5. The lowest BCUT2D eigenvalue weighted by molar-refractivity contribution is -0.140. The molecule has 4 aromatic rings. The molecule has 11 nitrogen and oxygen atoms in total. The molecule has 1 aliphatic rings. The van der Waals surface area contributed by atoms with E-state index in [1.54, 1.807) is 24.4 Å². The average molecular weight is 729 g/mol. The second kappa shape index (κ2) is 18.2. The van der Waals surface area contributed by atoms with Crippen molar-refractivity contribution in [3.05, 3.63) is 105 Å². The number of nitrogens with one attached hydrogen (secondary N) is 1. The number of hydrogen-bond acceptors (Lipinski definition) is 10. The Morgan fingerprint density at radius 2 is 1.85 bits per heavy atom. The Balaban J connectivity index is 1.33. The Hall–Kier alpha value is -4.70. The Bertz CT molecular complexity index is 1910. The van der Waals surface area contributed by atoms with Crippen LogP contribution in [0, 0.1) is 32.1 Å². The van der Waals surface area contributed by atoms with Gasteiger partial charge < -0.3 is 34.4 Å². The number of aryl methyl sites for hydroxylation is 1. The second-order valence-corrected chi connectivity index (χ2v) is 13.4. The summed E-state index contributed by atoms with van der Waals surface area (Å²) in [5, 5.41) is 41.1. The van der Waals surface area contributed by atoms with Crippen LogP contribution < -0.4 is 19.5 Å². The van der Waals surface area contributed by atoms with Gasteiger partial charge in [0.2, 0.25) is 0 Å². The van der Waals surface area contributed by atoms with E-state index in [0.717, 1.165) is 71.6 Å². The third-order valence-electron chi connectivity index (χ3n) is 9.30. The maximum Gasteiger partial charge on any atom is 0.323 e. The molecule has 52 heavy (non-hydrogen) atoms. The largest absolute Gasteiger partial charge is 0.493 e. The first-order valence-corrected chi connectivity index (χ1v) is 17.7. The molecule has 1 unspecified atom stereocenters. The fourth-order valence-corrected chi connectivity index (χ4v) is 6.60. The molecule has 1 aliphatic heterocycles. The van der Waals surface area contributed by atoms with Crippen molar-refractivity contribution in [1.29, 1.82) is 5.26 Å². The van der Waals surface area contributed by atoms with Crippen molar-refractivity contribution in [2.24, 2.45) is 0 Å². The summed E-state index contributed by atoms with van der Waals surface area (Å²) in [7, 11) is 0. The van der Waals surface area contributed by atoms with Gasteiger partial charge >= 0.3 is 5.97 Å². The van der Waals surface area contributed by atoms with Gasteiger partial charge in [-0.05, 0) is 85.2 Å². The summed E-state index contributed by atoms with van der Waals surface area (Å²) < 4.78 is 18.7. The minimum atomic E-state index is -1.19. The van der Waals surface area contributed by atoms with Crippen molar-refractivity contribution in [1.82, 2.24) is 15.2 Å². The highest BCUT2D eigenvalue weighted by molar-refractivity contribution is 6.32. The van der Waals surface area contributed by atoms with Crippen molar-refractivity contribution < 1.29 is 34.3 Å². The van der Waals surface area contributed by atoms with E-state index < -0.39 is 18.6 Å². The van der Waals surface area contributed by atoms with Gasteiger partial charge in [0, 0.05) is 55.8 Å². The molecule has 0 aliphatic carbocycles. The number of aliphatic hydroxyl groups excluding tert-OH is 2. The Kier molecular flexibility index (Phi) is 13.5. The van der Waals surface area contributed by atoms with Gasteiger partial charge in [-0.15, -0.1) is 0 Å². The number of pyridine rings is 1. The Labute approximate surface area is 309 Å². The molecule has 2 atom stereocenters. The smallest absolute Gasteiger partial charge is 0.323 e. The Morgan fingerprint density at radius 3 is 2.58 bits per heavy atom. The summed E-state index contributed by atoms with van der Waals surface area (Å²) in [4.78, 5) is 17.9. The lowest BCUT2D eigenvalue weighted by atomic mass is 9.90. The molecule has 3 aromatic carbocycles. The number of carbonyl (C=O) groups is 1. The maximum atomic E-state index is 11.5. The number of benzene rings is 3. The van der Waals surface area contributed by atoms with Crippen LogP contribution >= 0.6 is 11.6 Å². The van der Waals surface area contributed by atoms with E-state index in [9.17, 15) is 25.4 Å². The van der Waals surface area contributed by atoms with Crippen LogP contribution in [0.4, 0.5) is 0 Å². The standard InChI is InChI=1S/C40H45ClN4O7/c1-25-8-9-36(50-13-5-11-45-12-10-32(47)21-45)27(3)39(25)33-7-4-6-30(26(33)2)24-52-38-16-37(51-23-29-14-28(17-42)18-43-19-29)31(15-34(38)41)20-44-35(22-46)40(48)49/h4,6-9,14-16,18-19,32,35,44,46-47H,5,10-13,20-24H2,1-3H3,(H,48,49)/t32-,35?/m1/s1. The summed E-state index contributed by atoms with van der Waals surface area (Å²) in [6.07, 6.45) is 4.55. The molecule has 0 amide bonds. The van der Waals surface area contributed by atoms with Crippen molar-refractivity contribution >= 4 is 17.6 Å². The lowest BCUT2D eigenvalue weighted by Gasteiger charge is -2.20. The van der Waals surface area contributed by atoms with Crippen molar-refractivity contribution in [3.8, 4) is 34.4 Å². The van der Waals surface area contributed by atoms with E-state index in [1.165, 1.54) is 6.20 Å². The molecule has 0 saturated carbocycles. The predicted molar refractivity (Wildman–Crippen MR) is 198 cm³/mol. The normalized spacial score (nSPS) is 14.9. The summed E-state index contributed by atoms with van der Waals surface area (Å²) in [6, 6.07) is 16.1. The summed E-state index contributed by atoms with van der Waals surface area (Å²) in [5.41, 5.74) is 8.03. The Morgan fingerprint density at radius 1 is 1.04 bits per heavy atom. The van der Waals surface area contributed by atoms with Crippen LogP contribution in [0.5, 0.6) is 17.2 Å².